The van der Waals surface area contributed by atoms with E-state index in [1.165, 1.54) is 4.90 Å². The minimum absolute atomic E-state index is 0.311. The highest BCUT2D eigenvalue weighted by Crippen LogP contribution is 2.27. The standard InChI is InChI=1S/C15H25NO4/c1-5-6-7-11-8-9-16(12(10-11)13(17)18)14(19)20-15(2,3)4/h5-6,11-12H,7-10H2,1-4H3,(H,17,18)/t11-,12+/m1/s1. The second kappa shape index (κ2) is 6.77. The minimum Gasteiger partial charge on any atom is -0.480 e. The van der Waals surface area contributed by atoms with Crippen molar-refractivity contribution in [1.82, 2.24) is 4.90 Å². The van der Waals surface area contributed by atoms with Crippen molar-refractivity contribution in [3.63, 3.8) is 0 Å². The zero-order valence-electron chi connectivity index (χ0n) is 12.8. The molecule has 1 N–H and O–H groups in total. The molecule has 1 aliphatic rings. The molecule has 114 valence electrons. The molecule has 0 unspecified atom stereocenters. The highest BCUT2D eigenvalue weighted by molar-refractivity contribution is 5.80. The first kappa shape index (κ1) is 16.5. The summed E-state index contributed by atoms with van der Waals surface area (Å²) in [5.41, 5.74) is -0.609. The molecule has 1 fully saturated rings. The molecule has 0 aliphatic carbocycles. The van der Waals surface area contributed by atoms with Crippen LogP contribution in [-0.2, 0) is 9.53 Å². The average Bonchev–Trinajstić information content (AvgIpc) is 2.33. The Morgan fingerprint density at radius 1 is 1.40 bits per heavy atom. The van der Waals surface area contributed by atoms with Gasteiger partial charge < -0.3 is 9.84 Å². The fourth-order valence-electron chi connectivity index (χ4n) is 2.35. The average molecular weight is 283 g/mol. The van der Waals surface area contributed by atoms with Gasteiger partial charge >= 0.3 is 12.1 Å². The number of rotatable bonds is 3. The lowest BCUT2D eigenvalue weighted by atomic mass is 9.88. The number of aliphatic carboxylic acids is 1. The Hall–Kier alpha value is -1.52. The maximum Gasteiger partial charge on any atom is 0.411 e. The predicted octanol–water partition coefficient (Wildman–Crippen LogP) is 3.05. The third kappa shape index (κ3) is 4.87. The van der Waals surface area contributed by atoms with Gasteiger partial charge in [0.2, 0.25) is 0 Å². The molecule has 0 radical (unpaired) electrons. The molecule has 0 aromatic heterocycles. The summed E-state index contributed by atoms with van der Waals surface area (Å²) in [6, 6.07) is -0.783. The Labute approximate surface area is 120 Å². The molecule has 1 aliphatic heterocycles. The van der Waals surface area contributed by atoms with Crippen LogP contribution in [-0.4, -0.2) is 40.3 Å². The number of likely N-dealkylation sites (tertiary alicyclic amines) is 1. The van der Waals surface area contributed by atoms with E-state index >= 15 is 0 Å². The topological polar surface area (TPSA) is 66.8 Å². The number of carbonyl (C=O) groups excluding carboxylic acids is 1. The summed E-state index contributed by atoms with van der Waals surface area (Å²) < 4.78 is 5.28. The lowest BCUT2D eigenvalue weighted by Crippen LogP contribution is -2.51. The smallest absolute Gasteiger partial charge is 0.411 e. The van der Waals surface area contributed by atoms with Crippen molar-refractivity contribution in [3.8, 4) is 0 Å². The van der Waals surface area contributed by atoms with Gasteiger partial charge in [-0.15, -0.1) is 0 Å². The Morgan fingerprint density at radius 3 is 2.55 bits per heavy atom. The summed E-state index contributed by atoms with van der Waals surface area (Å²) >= 11 is 0. The van der Waals surface area contributed by atoms with Crippen molar-refractivity contribution < 1.29 is 19.4 Å². The van der Waals surface area contributed by atoms with E-state index in [2.05, 4.69) is 0 Å². The van der Waals surface area contributed by atoms with Crippen molar-refractivity contribution in [1.29, 1.82) is 0 Å². The molecule has 1 amide bonds. The zero-order chi connectivity index (χ0) is 15.3. The van der Waals surface area contributed by atoms with Gasteiger partial charge in [0, 0.05) is 6.54 Å². The summed E-state index contributed by atoms with van der Waals surface area (Å²) in [4.78, 5) is 24.8. The van der Waals surface area contributed by atoms with Crippen molar-refractivity contribution in [3.05, 3.63) is 12.2 Å². The Balaban J connectivity index is 2.72. The van der Waals surface area contributed by atoms with Crippen LogP contribution in [0.1, 0.15) is 47.0 Å². The SMILES string of the molecule is CC=CC[C@@H]1CCN(C(=O)OC(C)(C)C)[C@H](C(=O)O)C1. The van der Waals surface area contributed by atoms with E-state index in [4.69, 9.17) is 4.74 Å². The summed E-state index contributed by atoms with van der Waals surface area (Å²) in [5, 5.41) is 9.33. The number of hydrogen-bond acceptors (Lipinski definition) is 3. The molecule has 1 rings (SSSR count). The van der Waals surface area contributed by atoms with Crippen LogP contribution in [0, 0.1) is 5.92 Å². The first-order chi connectivity index (χ1) is 9.24. The van der Waals surface area contributed by atoms with Crippen LogP contribution in [0.3, 0.4) is 0 Å². The first-order valence-corrected chi connectivity index (χ1v) is 7.08. The maximum atomic E-state index is 12.1. The number of ether oxygens (including phenoxy) is 1. The van der Waals surface area contributed by atoms with Gasteiger partial charge in [-0.3, -0.25) is 4.90 Å². The van der Waals surface area contributed by atoms with Crippen molar-refractivity contribution in [2.75, 3.05) is 6.54 Å². The normalized spacial score (nSPS) is 23.9. The van der Waals surface area contributed by atoms with Crippen molar-refractivity contribution >= 4 is 12.1 Å². The van der Waals surface area contributed by atoms with E-state index in [0.717, 1.165) is 12.8 Å². The Morgan fingerprint density at radius 2 is 2.05 bits per heavy atom. The number of carbonyl (C=O) groups is 2. The molecular formula is C15H25NO4. The van der Waals surface area contributed by atoms with Crippen molar-refractivity contribution in [2.24, 2.45) is 5.92 Å². The van der Waals surface area contributed by atoms with Crippen molar-refractivity contribution in [2.45, 2.75) is 58.6 Å². The molecule has 5 nitrogen and oxygen atoms in total. The van der Waals surface area contributed by atoms with Gasteiger partial charge in [-0.25, -0.2) is 9.59 Å². The monoisotopic (exact) mass is 283 g/mol. The first-order valence-electron chi connectivity index (χ1n) is 7.08. The lowest BCUT2D eigenvalue weighted by Gasteiger charge is -2.37. The van der Waals surface area contributed by atoms with Gasteiger partial charge in [0.05, 0.1) is 0 Å². The largest absolute Gasteiger partial charge is 0.480 e. The number of amides is 1. The van der Waals surface area contributed by atoms with E-state index in [1.54, 1.807) is 20.8 Å². The molecule has 20 heavy (non-hydrogen) atoms. The zero-order valence-corrected chi connectivity index (χ0v) is 12.8. The summed E-state index contributed by atoms with van der Waals surface area (Å²) in [5.74, 6) is -0.646. The molecule has 5 heteroatoms. The second-order valence-electron chi connectivity index (χ2n) is 6.22. The molecule has 0 saturated carbocycles. The van der Waals surface area contributed by atoms with Gasteiger partial charge in [0.15, 0.2) is 0 Å². The highest BCUT2D eigenvalue weighted by atomic mass is 16.6. The van der Waals surface area contributed by atoms with Crippen LogP contribution in [0.5, 0.6) is 0 Å². The van der Waals surface area contributed by atoms with Gasteiger partial charge in [0.25, 0.3) is 0 Å². The molecule has 1 saturated heterocycles. The molecule has 0 aromatic rings. The Kier molecular flexibility index (Phi) is 5.60. The van der Waals surface area contributed by atoms with E-state index in [1.807, 2.05) is 19.1 Å². The van der Waals surface area contributed by atoms with Gasteiger partial charge in [0.1, 0.15) is 11.6 Å². The summed E-state index contributed by atoms with van der Waals surface area (Å²) in [6.07, 6.45) is 5.65. The van der Waals surface area contributed by atoms with Gasteiger partial charge in [-0.05, 0) is 52.9 Å². The van der Waals surface area contributed by atoms with Crippen LogP contribution < -0.4 is 0 Å². The van der Waals surface area contributed by atoms with Gasteiger partial charge in [-0.1, -0.05) is 12.2 Å². The number of carboxylic acids is 1. The highest BCUT2D eigenvalue weighted by Gasteiger charge is 2.37. The molecule has 0 bridgehead atoms. The third-order valence-electron chi connectivity index (χ3n) is 3.33. The molecule has 0 aromatic carbocycles. The van der Waals surface area contributed by atoms with Crippen LogP contribution >= 0.6 is 0 Å². The summed E-state index contributed by atoms with van der Waals surface area (Å²) in [6.45, 7) is 7.72. The Bertz CT molecular complexity index is 384. The minimum atomic E-state index is -0.957. The quantitative estimate of drug-likeness (QED) is 0.808. The van der Waals surface area contributed by atoms with E-state index in [0.29, 0.717) is 18.9 Å². The van der Waals surface area contributed by atoms with E-state index in [-0.39, 0.29) is 0 Å². The lowest BCUT2D eigenvalue weighted by molar-refractivity contribution is -0.145. The number of allylic oxidation sites excluding steroid dienone is 2. The fraction of sp³-hybridized carbons (Fsp3) is 0.733. The van der Waals surface area contributed by atoms with Crippen LogP contribution in [0.4, 0.5) is 4.79 Å². The van der Waals surface area contributed by atoms with E-state index in [9.17, 15) is 14.7 Å². The van der Waals surface area contributed by atoms with Crippen LogP contribution in [0.25, 0.3) is 0 Å². The number of hydrogen-bond donors (Lipinski definition) is 1. The molecule has 2 atom stereocenters. The molecule has 0 spiro atoms. The van der Waals surface area contributed by atoms with Crippen LogP contribution in [0.15, 0.2) is 12.2 Å². The molecule has 1 heterocycles. The number of piperidine rings is 1. The third-order valence-corrected chi connectivity index (χ3v) is 3.33. The second-order valence-corrected chi connectivity index (χ2v) is 6.22. The summed E-state index contributed by atoms with van der Waals surface area (Å²) in [7, 11) is 0. The number of nitrogens with zero attached hydrogens (tertiary/aromatic N) is 1. The number of carboxylic acid groups (broad SMARTS) is 1. The molecular weight excluding hydrogens is 258 g/mol. The predicted molar refractivity (Wildman–Crippen MR) is 76.5 cm³/mol. The maximum absolute atomic E-state index is 12.1. The fourth-order valence-corrected chi connectivity index (χ4v) is 2.35. The van der Waals surface area contributed by atoms with Crippen LogP contribution in [0.2, 0.25) is 0 Å². The van der Waals surface area contributed by atoms with Gasteiger partial charge in [-0.2, -0.15) is 0 Å². The van der Waals surface area contributed by atoms with E-state index < -0.39 is 23.7 Å².